The number of imidazole rings is 1. The summed E-state index contributed by atoms with van der Waals surface area (Å²) in [5.74, 6) is 0.138. The van der Waals surface area contributed by atoms with Gasteiger partial charge >= 0.3 is 6.18 Å². The molecular formula is C10H8BrF3N2O2S. The van der Waals surface area contributed by atoms with E-state index in [1.165, 1.54) is 10.5 Å². The summed E-state index contributed by atoms with van der Waals surface area (Å²) in [6.45, 7) is 2.18. The number of pyridine rings is 1. The first-order valence-electron chi connectivity index (χ1n) is 5.14. The van der Waals surface area contributed by atoms with E-state index in [0.29, 0.717) is 29.2 Å². The Morgan fingerprint density at radius 3 is 2.79 bits per heavy atom. The van der Waals surface area contributed by atoms with Gasteiger partial charge in [-0.1, -0.05) is 0 Å². The Balaban J connectivity index is 2.41. The number of fused-ring (bicyclic) bond motifs is 1. The number of hydrogen-bond donors (Lipinski definition) is 0. The average Bonchev–Trinajstić information content (AvgIpc) is 2.64. The first kappa shape index (κ1) is 14.5. The minimum Gasteiger partial charge on any atom is -0.378 e. The zero-order chi connectivity index (χ0) is 14.0. The molecule has 0 N–H and O–H groups in total. The van der Waals surface area contributed by atoms with Crippen LogP contribution in [0, 0.1) is 0 Å². The molecule has 0 bridgehead atoms. The van der Waals surface area contributed by atoms with Crippen LogP contribution in [0.3, 0.4) is 0 Å². The van der Waals surface area contributed by atoms with Crippen molar-refractivity contribution >= 4 is 33.9 Å². The monoisotopic (exact) mass is 356 g/mol. The molecule has 0 atom stereocenters. The third kappa shape index (κ3) is 3.15. The van der Waals surface area contributed by atoms with E-state index in [9.17, 15) is 13.2 Å². The summed E-state index contributed by atoms with van der Waals surface area (Å²) in [5, 5.41) is 0. The number of aromatic nitrogens is 2. The molecule has 19 heavy (non-hydrogen) atoms. The minimum absolute atomic E-state index is 0.138. The van der Waals surface area contributed by atoms with Crippen molar-refractivity contribution in [3.05, 3.63) is 28.5 Å². The highest BCUT2D eigenvalue weighted by atomic mass is 79.9. The maximum atomic E-state index is 12.6. The molecular weight excluding hydrogens is 349 g/mol. The van der Waals surface area contributed by atoms with Gasteiger partial charge in [0, 0.05) is 6.20 Å². The van der Waals surface area contributed by atoms with Gasteiger partial charge in [-0.2, -0.15) is 13.2 Å². The molecule has 4 nitrogen and oxygen atoms in total. The van der Waals surface area contributed by atoms with Crippen LogP contribution in [0.25, 0.3) is 5.65 Å². The molecule has 2 heterocycles. The van der Waals surface area contributed by atoms with E-state index >= 15 is 0 Å². The Morgan fingerprint density at radius 2 is 2.16 bits per heavy atom. The Morgan fingerprint density at radius 1 is 1.42 bits per heavy atom. The highest BCUT2D eigenvalue weighted by Gasteiger charge is 2.31. The van der Waals surface area contributed by atoms with Crippen LogP contribution < -0.4 is 4.18 Å². The topological polar surface area (TPSA) is 35.8 Å². The molecule has 104 valence electrons. The molecule has 0 spiro atoms. The van der Waals surface area contributed by atoms with Crippen LogP contribution >= 0.6 is 28.3 Å². The van der Waals surface area contributed by atoms with E-state index in [4.69, 9.17) is 8.37 Å². The number of alkyl halides is 3. The van der Waals surface area contributed by atoms with E-state index < -0.39 is 11.7 Å². The van der Waals surface area contributed by atoms with Gasteiger partial charge in [-0.05, 0) is 35.0 Å². The third-order valence-corrected chi connectivity index (χ3v) is 3.22. The van der Waals surface area contributed by atoms with Crippen molar-refractivity contribution in [1.29, 1.82) is 0 Å². The average molecular weight is 357 g/mol. The molecule has 2 rings (SSSR count). The first-order chi connectivity index (χ1) is 8.93. The van der Waals surface area contributed by atoms with E-state index in [1.54, 1.807) is 6.92 Å². The second-order valence-corrected chi connectivity index (χ2v) is 4.70. The van der Waals surface area contributed by atoms with Gasteiger partial charge in [0.05, 0.1) is 12.2 Å². The van der Waals surface area contributed by atoms with E-state index in [2.05, 4.69) is 20.9 Å². The highest BCUT2D eigenvalue weighted by Crippen LogP contribution is 2.33. The van der Waals surface area contributed by atoms with Crippen LogP contribution in [0.1, 0.15) is 12.5 Å². The van der Waals surface area contributed by atoms with Gasteiger partial charge in [-0.3, -0.25) is 8.58 Å². The van der Waals surface area contributed by atoms with Gasteiger partial charge in [0.25, 0.3) is 0 Å². The lowest BCUT2D eigenvalue weighted by molar-refractivity contribution is -0.137. The highest BCUT2D eigenvalue weighted by molar-refractivity contribution is 9.10. The molecule has 0 aliphatic rings. The number of hydrogen-bond acceptors (Lipinski definition) is 4. The lowest BCUT2D eigenvalue weighted by atomic mass is 10.3. The third-order valence-electron chi connectivity index (χ3n) is 2.14. The predicted octanol–water partition coefficient (Wildman–Crippen LogP) is 4.09. The van der Waals surface area contributed by atoms with Gasteiger partial charge < -0.3 is 4.18 Å². The lowest BCUT2D eigenvalue weighted by Crippen LogP contribution is -2.06. The predicted molar refractivity (Wildman–Crippen MR) is 67.7 cm³/mol. The largest absolute Gasteiger partial charge is 0.417 e. The Kier molecular flexibility index (Phi) is 4.26. The molecule has 0 unspecified atom stereocenters. The fraction of sp³-hybridized carbons (Fsp3) is 0.300. The first-order valence-corrected chi connectivity index (χ1v) is 6.60. The molecule has 0 fully saturated rings. The SMILES string of the molecule is CCOSOc1c(Br)nc2ccc(C(F)(F)F)cn12. The van der Waals surface area contributed by atoms with Crippen LogP contribution in [0.4, 0.5) is 13.2 Å². The maximum Gasteiger partial charge on any atom is 0.417 e. The van der Waals surface area contributed by atoms with Gasteiger partial charge in [-0.15, -0.1) is 0 Å². The maximum absolute atomic E-state index is 12.6. The van der Waals surface area contributed by atoms with E-state index in [-0.39, 0.29) is 5.88 Å². The number of rotatable bonds is 4. The summed E-state index contributed by atoms with van der Waals surface area (Å²) in [6, 6.07) is 2.24. The molecule has 2 aromatic rings. The van der Waals surface area contributed by atoms with Crippen molar-refractivity contribution in [3.63, 3.8) is 0 Å². The minimum atomic E-state index is -4.42. The van der Waals surface area contributed by atoms with Crippen LogP contribution in [0.2, 0.25) is 0 Å². The molecule has 0 amide bonds. The van der Waals surface area contributed by atoms with Gasteiger partial charge in [-0.25, -0.2) is 4.98 Å². The van der Waals surface area contributed by atoms with Crippen LogP contribution in [-0.2, 0) is 10.4 Å². The fourth-order valence-electron chi connectivity index (χ4n) is 1.34. The van der Waals surface area contributed by atoms with Crippen molar-refractivity contribution in [3.8, 4) is 5.88 Å². The van der Waals surface area contributed by atoms with E-state index in [1.807, 2.05) is 0 Å². The van der Waals surface area contributed by atoms with Gasteiger partial charge in [0.15, 0.2) is 4.60 Å². The molecule has 0 radical (unpaired) electrons. The summed E-state index contributed by atoms with van der Waals surface area (Å²) in [4.78, 5) is 4.03. The standard InChI is InChI=1S/C10H8BrF3N2O2S/c1-2-17-19-18-9-8(11)15-7-4-3-6(5-16(7)9)10(12,13)14/h3-5H,2H2,1H3. The molecule has 9 heteroatoms. The second kappa shape index (κ2) is 5.59. The zero-order valence-electron chi connectivity index (χ0n) is 9.57. The molecule has 0 saturated heterocycles. The molecule has 0 aliphatic heterocycles. The summed E-state index contributed by atoms with van der Waals surface area (Å²) in [6.07, 6.45) is -3.50. The van der Waals surface area contributed by atoms with Crippen LogP contribution in [-0.4, -0.2) is 16.0 Å². The smallest absolute Gasteiger partial charge is 0.378 e. The molecule has 2 aromatic heterocycles. The molecule has 0 aliphatic carbocycles. The number of nitrogens with zero attached hydrogens (tertiary/aromatic N) is 2. The van der Waals surface area contributed by atoms with Crippen molar-refractivity contribution in [2.75, 3.05) is 6.61 Å². The van der Waals surface area contributed by atoms with Crippen LogP contribution in [0.15, 0.2) is 22.9 Å². The fourth-order valence-corrected chi connectivity index (χ4v) is 2.27. The Hall–Kier alpha value is -0.930. The van der Waals surface area contributed by atoms with Crippen LogP contribution in [0.5, 0.6) is 5.88 Å². The summed E-state index contributed by atoms with van der Waals surface area (Å²) < 4.78 is 49.5. The van der Waals surface area contributed by atoms with Crippen molar-refractivity contribution in [2.24, 2.45) is 0 Å². The van der Waals surface area contributed by atoms with E-state index in [0.717, 1.165) is 12.3 Å². The molecule has 0 aromatic carbocycles. The molecule has 0 saturated carbocycles. The van der Waals surface area contributed by atoms with Gasteiger partial charge in [0.1, 0.15) is 5.65 Å². The Bertz CT molecular complexity index is 588. The van der Waals surface area contributed by atoms with Crippen molar-refractivity contribution in [2.45, 2.75) is 13.1 Å². The normalized spacial score (nSPS) is 12.1. The van der Waals surface area contributed by atoms with Gasteiger partial charge in [0.2, 0.25) is 18.2 Å². The zero-order valence-corrected chi connectivity index (χ0v) is 12.0. The Labute approximate surface area is 119 Å². The number of halogens is 4. The quantitative estimate of drug-likeness (QED) is 0.610. The lowest BCUT2D eigenvalue weighted by Gasteiger charge is -2.08. The van der Waals surface area contributed by atoms with Crippen molar-refractivity contribution in [1.82, 2.24) is 9.38 Å². The summed E-state index contributed by atoms with van der Waals surface area (Å²) in [7, 11) is 0. The second-order valence-electron chi connectivity index (χ2n) is 3.41. The summed E-state index contributed by atoms with van der Waals surface area (Å²) in [5.41, 5.74) is -0.442. The van der Waals surface area contributed by atoms with Crippen molar-refractivity contribution < 1.29 is 21.5 Å². The summed E-state index contributed by atoms with van der Waals surface area (Å²) >= 11 is 3.81.